The fraction of sp³-hybridized carbons (Fsp3) is 0.364. The van der Waals surface area contributed by atoms with E-state index < -0.39 is 24.0 Å². The summed E-state index contributed by atoms with van der Waals surface area (Å²) in [5.74, 6) is -4.58. The highest BCUT2D eigenvalue weighted by Crippen LogP contribution is 2.32. The highest BCUT2D eigenvalue weighted by atomic mass is 19.4. The third kappa shape index (κ3) is 2.34. The average Bonchev–Trinajstić information content (AvgIpc) is 2.71. The standard InChI is InChI=1S/C11H8F3NO3/c12-11(13,14)10(17)18-9(16)7-4-3-6-2-1-5-15-8(6)7/h1-2,5,7H,3-4H2. The molecule has 7 heteroatoms. The topological polar surface area (TPSA) is 56.3 Å². The van der Waals surface area contributed by atoms with Crippen LogP contribution in [0.25, 0.3) is 0 Å². The summed E-state index contributed by atoms with van der Waals surface area (Å²) in [6.07, 6.45) is -2.89. The molecule has 1 aliphatic rings. The van der Waals surface area contributed by atoms with Gasteiger partial charge in [0.05, 0.1) is 5.69 Å². The van der Waals surface area contributed by atoms with Crippen molar-refractivity contribution < 1.29 is 27.5 Å². The smallest absolute Gasteiger partial charge is 0.386 e. The fourth-order valence-corrected chi connectivity index (χ4v) is 1.86. The number of carbonyl (C=O) groups excluding carboxylic acids is 2. The van der Waals surface area contributed by atoms with Gasteiger partial charge >= 0.3 is 18.1 Å². The van der Waals surface area contributed by atoms with Gasteiger partial charge in [-0.2, -0.15) is 13.2 Å². The van der Waals surface area contributed by atoms with Crippen molar-refractivity contribution >= 4 is 11.9 Å². The molecule has 0 saturated carbocycles. The number of aromatic nitrogens is 1. The van der Waals surface area contributed by atoms with Crippen molar-refractivity contribution in [1.82, 2.24) is 4.98 Å². The van der Waals surface area contributed by atoms with E-state index in [0.717, 1.165) is 5.56 Å². The van der Waals surface area contributed by atoms with Crippen LogP contribution in [0.1, 0.15) is 23.6 Å². The van der Waals surface area contributed by atoms with Crippen molar-refractivity contribution in [3.05, 3.63) is 29.6 Å². The molecule has 96 valence electrons. The Balaban J connectivity index is 2.11. The summed E-state index contributed by atoms with van der Waals surface area (Å²) in [6.45, 7) is 0. The molecule has 1 aliphatic carbocycles. The molecule has 0 bridgehead atoms. The minimum atomic E-state index is -5.17. The van der Waals surface area contributed by atoms with Gasteiger partial charge in [-0.25, -0.2) is 4.79 Å². The predicted molar refractivity (Wildman–Crippen MR) is 52.5 cm³/mol. The fourth-order valence-electron chi connectivity index (χ4n) is 1.86. The Morgan fingerprint density at radius 1 is 1.39 bits per heavy atom. The van der Waals surface area contributed by atoms with Crippen LogP contribution in [0.3, 0.4) is 0 Å². The second-order valence-corrected chi connectivity index (χ2v) is 3.85. The number of hydrogen-bond acceptors (Lipinski definition) is 4. The summed E-state index contributed by atoms with van der Waals surface area (Å²) in [6, 6.07) is 3.41. The molecule has 0 saturated heterocycles. The van der Waals surface area contributed by atoms with Crippen LogP contribution in [-0.4, -0.2) is 23.1 Å². The van der Waals surface area contributed by atoms with Crippen molar-refractivity contribution in [2.24, 2.45) is 0 Å². The highest BCUT2D eigenvalue weighted by molar-refractivity contribution is 5.91. The summed E-state index contributed by atoms with van der Waals surface area (Å²) in [5, 5.41) is 0. The molecular weight excluding hydrogens is 251 g/mol. The maximum absolute atomic E-state index is 11.9. The number of carbonyl (C=O) groups is 2. The van der Waals surface area contributed by atoms with Gasteiger partial charge in [0.1, 0.15) is 5.92 Å². The lowest BCUT2D eigenvalue weighted by molar-refractivity contribution is -0.202. The number of ether oxygens (including phenoxy) is 1. The number of rotatable bonds is 1. The van der Waals surface area contributed by atoms with E-state index in [1.165, 1.54) is 6.20 Å². The Kier molecular flexibility index (Phi) is 3.06. The van der Waals surface area contributed by atoms with Crippen LogP contribution in [0, 0.1) is 0 Å². The van der Waals surface area contributed by atoms with Gasteiger partial charge in [0, 0.05) is 6.20 Å². The van der Waals surface area contributed by atoms with Crippen LogP contribution in [0.5, 0.6) is 0 Å². The maximum Gasteiger partial charge on any atom is 0.491 e. The van der Waals surface area contributed by atoms with E-state index in [0.29, 0.717) is 18.5 Å². The van der Waals surface area contributed by atoms with Gasteiger partial charge in [0.25, 0.3) is 0 Å². The number of nitrogens with zero attached hydrogens (tertiary/aromatic N) is 1. The van der Waals surface area contributed by atoms with Crippen molar-refractivity contribution in [3.8, 4) is 0 Å². The van der Waals surface area contributed by atoms with Gasteiger partial charge in [-0.3, -0.25) is 9.78 Å². The molecule has 1 heterocycles. The molecule has 2 rings (SSSR count). The molecular formula is C11H8F3NO3. The lowest BCUT2D eigenvalue weighted by atomic mass is 10.1. The zero-order chi connectivity index (χ0) is 13.3. The van der Waals surface area contributed by atoms with E-state index in [2.05, 4.69) is 9.72 Å². The third-order valence-electron chi connectivity index (χ3n) is 2.67. The highest BCUT2D eigenvalue weighted by Gasteiger charge is 2.44. The predicted octanol–water partition coefficient (Wildman–Crippen LogP) is 1.74. The van der Waals surface area contributed by atoms with E-state index in [4.69, 9.17) is 0 Å². The molecule has 18 heavy (non-hydrogen) atoms. The normalized spacial score (nSPS) is 18.3. The molecule has 0 aliphatic heterocycles. The first-order valence-corrected chi connectivity index (χ1v) is 5.16. The molecule has 1 aromatic heterocycles. The molecule has 0 amide bonds. The van der Waals surface area contributed by atoms with Crippen LogP contribution in [-0.2, 0) is 20.7 Å². The summed E-state index contributed by atoms with van der Waals surface area (Å²) in [5.41, 5.74) is 1.18. The molecule has 0 spiro atoms. The minimum absolute atomic E-state index is 0.302. The largest absolute Gasteiger partial charge is 0.491 e. The third-order valence-corrected chi connectivity index (χ3v) is 2.67. The van der Waals surface area contributed by atoms with Gasteiger partial charge in [0.15, 0.2) is 0 Å². The zero-order valence-electron chi connectivity index (χ0n) is 9.03. The first kappa shape index (κ1) is 12.5. The monoisotopic (exact) mass is 259 g/mol. The molecule has 0 fully saturated rings. The van der Waals surface area contributed by atoms with Crippen molar-refractivity contribution in [2.45, 2.75) is 24.9 Å². The van der Waals surface area contributed by atoms with E-state index >= 15 is 0 Å². The second-order valence-electron chi connectivity index (χ2n) is 3.85. The number of esters is 2. The number of alkyl halides is 3. The Morgan fingerprint density at radius 3 is 2.78 bits per heavy atom. The lowest BCUT2D eigenvalue weighted by Gasteiger charge is -2.10. The van der Waals surface area contributed by atoms with E-state index in [1.54, 1.807) is 12.1 Å². The Morgan fingerprint density at radius 2 is 2.11 bits per heavy atom. The van der Waals surface area contributed by atoms with Crippen LogP contribution in [0.2, 0.25) is 0 Å². The molecule has 4 nitrogen and oxygen atoms in total. The number of pyridine rings is 1. The first-order chi connectivity index (χ1) is 8.39. The number of aryl methyl sites for hydroxylation is 1. The Hall–Kier alpha value is -1.92. The van der Waals surface area contributed by atoms with E-state index in [9.17, 15) is 22.8 Å². The van der Waals surface area contributed by atoms with Gasteiger partial charge in [-0.1, -0.05) is 6.07 Å². The van der Waals surface area contributed by atoms with Gasteiger partial charge in [-0.15, -0.1) is 0 Å². The Bertz CT molecular complexity index is 499. The van der Waals surface area contributed by atoms with Crippen molar-refractivity contribution in [1.29, 1.82) is 0 Å². The average molecular weight is 259 g/mol. The maximum atomic E-state index is 11.9. The number of hydrogen-bond donors (Lipinski definition) is 0. The number of halogens is 3. The summed E-state index contributed by atoms with van der Waals surface area (Å²) >= 11 is 0. The SMILES string of the molecule is O=C(OC(=O)C(F)(F)F)C1CCc2cccnc21. The molecule has 0 radical (unpaired) electrons. The van der Waals surface area contributed by atoms with Crippen LogP contribution < -0.4 is 0 Å². The van der Waals surface area contributed by atoms with Gasteiger partial charge < -0.3 is 4.74 Å². The van der Waals surface area contributed by atoms with Gasteiger partial charge in [-0.05, 0) is 24.5 Å². The molecule has 1 unspecified atom stereocenters. The lowest BCUT2D eigenvalue weighted by Crippen LogP contribution is -2.30. The minimum Gasteiger partial charge on any atom is -0.386 e. The van der Waals surface area contributed by atoms with Crippen molar-refractivity contribution in [3.63, 3.8) is 0 Å². The molecule has 1 aromatic rings. The molecule has 1 atom stereocenters. The Labute approximate surface area is 99.8 Å². The van der Waals surface area contributed by atoms with E-state index in [-0.39, 0.29) is 0 Å². The quantitative estimate of drug-likeness (QED) is 0.569. The summed E-state index contributed by atoms with van der Waals surface area (Å²) in [4.78, 5) is 26.0. The van der Waals surface area contributed by atoms with E-state index in [1.807, 2.05) is 0 Å². The molecule has 0 aromatic carbocycles. The first-order valence-electron chi connectivity index (χ1n) is 5.16. The summed E-state index contributed by atoms with van der Waals surface area (Å²) < 4.78 is 39.7. The van der Waals surface area contributed by atoms with Crippen LogP contribution in [0.15, 0.2) is 18.3 Å². The molecule has 0 N–H and O–H groups in total. The zero-order valence-corrected chi connectivity index (χ0v) is 9.03. The second kappa shape index (κ2) is 4.40. The van der Waals surface area contributed by atoms with Gasteiger partial charge in [0.2, 0.25) is 0 Å². The van der Waals surface area contributed by atoms with Crippen LogP contribution >= 0.6 is 0 Å². The number of fused-ring (bicyclic) bond motifs is 1. The van der Waals surface area contributed by atoms with Crippen LogP contribution in [0.4, 0.5) is 13.2 Å². The van der Waals surface area contributed by atoms with Crippen molar-refractivity contribution in [2.75, 3.05) is 0 Å². The summed E-state index contributed by atoms with van der Waals surface area (Å²) in [7, 11) is 0.